The lowest BCUT2D eigenvalue weighted by Crippen LogP contribution is -2.62. The van der Waals surface area contributed by atoms with E-state index in [1.807, 2.05) is 0 Å². The highest BCUT2D eigenvalue weighted by Gasteiger charge is 2.78. The predicted octanol–water partition coefficient (Wildman–Crippen LogP) is 0.804. The van der Waals surface area contributed by atoms with Gasteiger partial charge in [0, 0.05) is 6.42 Å². The minimum Gasteiger partial charge on any atom is -0.291 e. The highest BCUT2D eigenvalue weighted by atomic mass is 31.2. The van der Waals surface area contributed by atoms with Gasteiger partial charge in [0.25, 0.3) is 0 Å². The van der Waals surface area contributed by atoms with Gasteiger partial charge in [-0.05, 0) is 0 Å². The lowest BCUT2D eigenvalue weighted by molar-refractivity contribution is -0.398. The molecule has 0 spiro atoms. The summed E-state index contributed by atoms with van der Waals surface area (Å²) in [6.07, 6.45) is 0.250. The van der Waals surface area contributed by atoms with Crippen molar-refractivity contribution in [1.82, 2.24) is 0 Å². The Hall–Kier alpha value is -0.220. The molecule has 0 amide bonds. The third-order valence-electron chi connectivity index (χ3n) is 1.36. The Morgan fingerprint density at radius 1 is 1.50 bits per heavy atom. The van der Waals surface area contributed by atoms with E-state index >= 15 is 0 Å². The zero-order valence-corrected chi connectivity index (χ0v) is 6.09. The third-order valence-corrected chi connectivity index (χ3v) is 2.75. The molecular formula is C4H5O5P. The number of carbonyl (C=O) groups excluding carboxylic acids is 1. The molecule has 3 aliphatic heterocycles. The number of rotatable bonds is 2. The fourth-order valence-corrected chi connectivity index (χ4v) is 2.06. The molecular weight excluding hydrogens is 159 g/mol. The van der Waals surface area contributed by atoms with E-state index in [2.05, 4.69) is 13.6 Å². The van der Waals surface area contributed by atoms with E-state index in [9.17, 15) is 9.36 Å². The molecule has 0 N–H and O–H groups in total. The summed E-state index contributed by atoms with van der Waals surface area (Å²) in [4.78, 5) is 10.8. The van der Waals surface area contributed by atoms with Crippen LogP contribution in [0.4, 0.5) is 0 Å². The largest absolute Gasteiger partial charge is 0.489 e. The van der Waals surface area contributed by atoms with E-state index in [-0.39, 0.29) is 12.2 Å². The van der Waals surface area contributed by atoms with Gasteiger partial charge in [-0.15, -0.1) is 0 Å². The van der Waals surface area contributed by atoms with Crippen LogP contribution >= 0.6 is 7.82 Å². The molecule has 0 radical (unpaired) electrons. The third kappa shape index (κ3) is 0.538. The highest BCUT2D eigenvalue weighted by Crippen LogP contribution is 2.80. The Bertz CT molecular complexity index is 220. The summed E-state index contributed by atoms with van der Waals surface area (Å²) in [6.45, 7) is 1.65. The number of hydrogen-bond acceptors (Lipinski definition) is 5. The second-order valence-corrected chi connectivity index (χ2v) is 3.50. The Kier molecular flexibility index (Phi) is 0.978. The van der Waals surface area contributed by atoms with Gasteiger partial charge in [0.2, 0.25) is 5.78 Å². The first-order valence-corrected chi connectivity index (χ1v) is 4.32. The normalized spacial score (nSPS) is 49.3. The molecule has 0 saturated carbocycles. The van der Waals surface area contributed by atoms with Crippen LogP contribution in [0.3, 0.4) is 0 Å². The molecule has 0 atom stereocenters. The van der Waals surface area contributed by atoms with Crippen LogP contribution in [0.2, 0.25) is 0 Å². The average molecular weight is 164 g/mol. The fourth-order valence-electron chi connectivity index (χ4n) is 0.831. The summed E-state index contributed by atoms with van der Waals surface area (Å²) in [6, 6.07) is 0. The van der Waals surface area contributed by atoms with Crippen molar-refractivity contribution in [2.24, 2.45) is 0 Å². The predicted molar refractivity (Wildman–Crippen MR) is 28.9 cm³/mol. The van der Waals surface area contributed by atoms with Gasteiger partial charge < -0.3 is 0 Å². The monoisotopic (exact) mass is 164 g/mol. The number of carbonyl (C=O) groups is 1. The van der Waals surface area contributed by atoms with E-state index < -0.39 is 13.8 Å². The van der Waals surface area contributed by atoms with Crippen molar-refractivity contribution in [3.8, 4) is 0 Å². The maximum absolute atomic E-state index is 10.8. The Morgan fingerprint density at radius 2 is 2.00 bits per heavy atom. The molecule has 3 heterocycles. The number of hydrogen-bond donors (Lipinski definition) is 0. The van der Waals surface area contributed by atoms with Crippen molar-refractivity contribution in [2.75, 3.05) is 0 Å². The van der Waals surface area contributed by atoms with E-state index in [1.165, 1.54) is 0 Å². The molecule has 0 aromatic carbocycles. The Balaban J connectivity index is 2.11. The molecule has 6 heteroatoms. The highest BCUT2D eigenvalue weighted by molar-refractivity contribution is 7.52. The molecule has 3 saturated heterocycles. The number of phosphoric ester groups is 1. The standard InChI is InChI=1S/C4H5O5P/c1-2-3(5)4-7-10(6,8-4)9-4/h2H2,1H3. The summed E-state index contributed by atoms with van der Waals surface area (Å²) in [5.41, 5.74) is 0. The van der Waals surface area contributed by atoms with Crippen molar-refractivity contribution >= 4 is 13.6 Å². The van der Waals surface area contributed by atoms with Crippen LogP contribution in [0.25, 0.3) is 0 Å². The zero-order valence-electron chi connectivity index (χ0n) is 5.20. The first-order valence-electron chi connectivity index (χ1n) is 2.86. The van der Waals surface area contributed by atoms with Crippen LogP contribution in [0, 0.1) is 0 Å². The van der Waals surface area contributed by atoms with Gasteiger partial charge >= 0.3 is 13.8 Å². The van der Waals surface area contributed by atoms with E-state index in [0.717, 1.165) is 0 Å². The first-order chi connectivity index (χ1) is 4.60. The van der Waals surface area contributed by atoms with E-state index in [1.54, 1.807) is 6.92 Å². The smallest absolute Gasteiger partial charge is 0.291 e. The first kappa shape index (κ1) is 6.49. The van der Waals surface area contributed by atoms with Crippen molar-refractivity contribution in [1.29, 1.82) is 0 Å². The molecule has 5 nitrogen and oxygen atoms in total. The van der Waals surface area contributed by atoms with Gasteiger partial charge in [-0.1, -0.05) is 6.92 Å². The van der Waals surface area contributed by atoms with Gasteiger partial charge in [0.1, 0.15) is 0 Å². The minimum atomic E-state index is -3.18. The van der Waals surface area contributed by atoms with Gasteiger partial charge in [-0.3, -0.25) is 4.79 Å². The molecule has 0 aliphatic carbocycles. The number of Topliss-reactive ketones (excluding diaryl/α,β-unsaturated/α-hetero) is 1. The second kappa shape index (κ2) is 1.51. The average Bonchev–Trinajstić information content (AvgIpc) is 1.77. The summed E-state index contributed by atoms with van der Waals surface area (Å²) in [5.74, 6) is -1.89. The van der Waals surface area contributed by atoms with Crippen molar-refractivity contribution in [2.45, 2.75) is 19.3 Å². The zero-order chi connectivity index (χ0) is 7.41. The summed E-state index contributed by atoms with van der Waals surface area (Å²) >= 11 is 0. The molecule has 3 fully saturated rings. The SMILES string of the molecule is CCC(=O)C12OP(=O)(O1)O2. The van der Waals surface area contributed by atoms with Crippen LogP contribution in [-0.4, -0.2) is 11.8 Å². The topological polar surface area (TPSA) is 61.8 Å². The maximum atomic E-state index is 10.8. The van der Waals surface area contributed by atoms with Gasteiger partial charge in [0.05, 0.1) is 0 Å². The molecule has 3 rings (SSSR count). The van der Waals surface area contributed by atoms with E-state index in [0.29, 0.717) is 0 Å². The van der Waals surface area contributed by atoms with Crippen LogP contribution in [0.5, 0.6) is 0 Å². The van der Waals surface area contributed by atoms with Crippen LogP contribution < -0.4 is 0 Å². The summed E-state index contributed by atoms with van der Waals surface area (Å²) in [5, 5.41) is 0. The molecule has 10 heavy (non-hydrogen) atoms. The molecule has 2 bridgehead atoms. The van der Waals surface area contributed by atoms with Gasteiger partial charge in [0.15, 0.2) is 0 Å². The fraction of sp³-hybridized carbons (Fsp3) is 0.750. The van der Waals surface area contributed by atoms with E-state index in [4.69, 9.17) is 0 Å². The lowest BCUT2D eigenvalue weighted by atomic mass is 10.3. The van der Waals surface area contributed by atoms with Crippen molar-refractivity contribution in [3.63, 3.8) is 0 Å². The summed E-state index contributed by atoms with van der Waals surface area (Å²) in [7, 11) is -3.18. The Morgan fingerprint density at radius 3 is 2.30 bits per heavy atom. The molecule has 0 aromatic rings. The minimum absolute atomic E-state index is 0.250. The molecule has 3 aliphatic rings. The van der Waals surface area contributed by atoms with Gasteiger partial charge in [-0.2, -0.15) is 0 Å². The lowest BCUT2D eigenvalue weighted by Gasteiger charge is -2.53. The molecule has 56 valence electrons. The second-order valence-electron chi connectivity index (χ2n) is 2.05. The van der Waals surface area contributed by atoms with Crippen LogP contribution in [-0.2, 0) is 22.9 Å². The van der Waals surface area contributed by atoms with Crippen LogP contribution in [0.15, 0.2) is 0 Å². The van der Waals surface area contributed by atoms with Crippen LogP contribution in [0.1, 0.15) is 13.3 Å². The van der Waals surface area contributed by atoms with Crippen molar-refractivity contribution < 1.29 is 22.9 Å². The number of phosphoric acid groups is 1. The quantitative estimate of drug-likeness (QED) is 0.565. The number of ketones is 1. The summed E-state index contributed by atoms with van der Waals surface area (Å²) < 4.78 is 24.1. The molecule has 0 aromatic heterocycles. The van der Waals surface area contributed by atoms with Crippen molar-refractivity contribution in [3.05, 3.63) is 0 Å². The maximum Gasteiger partial charge on any atom is 0.489 e. The van der Waals surface area contributed by atoms with Gasteiger partial charge in [-0.25, -0.2) is 18.1 Å². The molecule has 0 unspecified atom stereocenters. The Labute approximate surface area is 56.9 Å².